The van der Waals surface area contributed by atoms with E-state index in [1.807, 2.05) is 6.07 Å². The number of hydrogen-bond donors (Lipinski definition) is 3. The van der Waals surface area contributed by atoms with Gasteiger partial charge in [0.2, 0.25) is 0 Å². The molecule has 0 aliphatic rings. The molecule has 3 heterocycles. The van der Waals surface area contributed by atoms with Crippen molar-refractivity contribution in [2.45, 2.75) is 38.0 Å². The van der Waals surface area contributed by atoms with E-state index in [1.54, 1.807) is 100 Å². The summed E-state index contributed by atoms with van der Waals surface area (Å²) < 4.78 is 160. The van der Waals surface area contributed by atoms with Gasteiger partial charge < -0.3 is 16.0 Å². The summed E-state index contributed by atoms with van der Waals surface area (Å²) in [5.74, 6) is -3.67. The minimum atomic E-state index is -4.47. The number of fused-ring (bicyclic) bond motifs is 3. The second kappa shape index (κ2) is 27.6. The molecule has 0 aliphatic carbocycles. The second-order valence-corrected chi connectivity index (χ2v) is 21.3. The maximum Gasteiger partial charge on any atom is 0.416 e. The van der Waals surface area contributed by atoms with Gasteiger partial charge in [0.25, 0.3) is 17.7 Å². The molecule has 0 atom stereocenters. The Bertz CT molecular complexity index is 4740. The topological polar surface area (TPSA) is 141 Å². The van der Waals surface area contributed by atoms with E-state index in [4.69, 9.17) is 23.2 Å². The first-order valence-corrected chi connectivity index (χ1v) is 28.5. The minimum Gasteiger partial charge on any atom is -0.352 e. The van der Waals surface area contributed by atoms with Crippen LogP contribution in [0.4, 0.5) is 52.7 Å². The summed E-state index contributed by atoms with van der Waals surface area (Å²) in [6.45, 7) is 0.0408. The molecule has 12 rings (SSSR count). The van der Waals surface area contributed by atoms with Gasteiger partial charge in [-0.15, -0.1) is 0 Å². The highest BCUT2D eigenvalue weighted by molar-refractivity contribution is 6.42. The van der Waals surface area contributed by atoms with Crippen LogP contribution in [0.1, 0.15) is 64.5 Å². The smallest absolute Gasteiger partial charge is 0.352 e. The van der Waals surface area contributed by atoms with E-state index < -0.39 is 58.7 Å². The summed E-state index contributed by atoms with van der Waals surface area (Å²) in [5, 5.41) is 23.3. The van der Waals surface area contributed by atoms with Gasteiger partial charge in [0.05, 0.1) is 95.6 Å². The number of rotatable bonds is 13. The summed E-state index contributed by atoms with van der Waals surface area (Å²) >= 11 is 12.1. The van der Waals surface area contributed by atoms with Gasteiger partial charge in [-0.05, 0) is 144 Å². The number of hydrogen-bond acceptors (Lipinski definition) is 6. The molecule has 474 valence electrons. The predicted octanol–water partition coefficient (Wildman–Crippen LogP) is 16.7. The molecule has 12 aromatic rings. The van der Waals surface area contributed by atoms with E-state index in [2.05, 4.69) is 31.2 Å². The Balaban J connectivity index is 0.000000153. The Kier molecular flexibility index (Phi) is 19.4. The van der Waals surface area contributed by atoms with Crippen molar-refractivity contribution < 1.29 is 67.1 Å². The summed E-state index contributed by atoms with van der Waals surface area (Å²) in [7, 11) is 0. The molecule has 0 aliphatic heterocycles. The second-order valence-electron chi connectivity index (χ2n) is 20.5. The van der Waals surface area contributed by atoms with Crippen LogP contribution in [-0.2, 0) is 38.0 Å². The lowest BCUT2D eigenvalue weighted by atomic mass is 10.1. The fourth-order valence-electron chi connectivity index (χ4n) is 9.77. The van der Waals surface area contributed by atoms with E-state index in [0.29, 0.717) is 81.9 Å². The van der Waals surface area contributed by atoms with Crippen molar-refractivity contribution >= 4 is 73.6 Å². The van der Waals surface area contributed by atoms with Gasteiger partial charge in [-0.3, -0.25) is 14.4 Å². The van der Waals surface area contributed by atoms with E-state index in [-0.39, 0.29) is 49.0 Å². The molecule has 3 N–H and O–H groups in total. The van der Waals surface area contributed by atoms with Gasteiger partial charge in [-0.2, -0.15) is 54.8 Å². The Labute approximate surface area is 529 Å². The number of aromatic nitrogens is 6. The van der Waals surface area contributed by atoms with Crippen molar-refractivity contribution in [3.63, 3.8) is 0 Å². The molecule has 93 heavy (non-hydrogen) atoms. The van der Waals surface area contributed by atoms with Crippen LogP contribution in [0.15, 0.2) is 207 Å². The average Bonchev–Trinajstić information content (AvgIpc) is 1.69. The van der Waals surface area contributed by atoms with E-state index in [1.165, 1.54) is 65.6 Å². The largest absolute Gasteiger partial charge is 0.416 e. The minimum absolute atomic E-state index is 0.0504. The van der Waals surface area contributed by atoms with Crippen molar-refractivity contribution in [1.82, 2.24) is 45.3 Å². The zero-order valence-electron chi connectivity index (χ0n) is 47.7. The van der Waals surface area contributed by atoms with Crippen molar-refractivity contribution in [3.8, 4) is 17.1 Å². The summed E-state index contributed by atoms with van der Waals surface area (Å²) in [5.41, 5.74) is 3.29. The van der Waals surface area contributed by atoms with Gasteiger partial charge in [0, 0.05) is 41.9 Å². The molecule has 12 nitrogen and oxygen atoms in total. The van der Waals surface area contributed by atoms with Crippen LogP contribution < -0.4 is 16.0 Å². The number of benzene rings is 9. The molecule has 0 saturated heterocycles. The molecule has 3 aromatic heterocycles. The molecule has 0 radical (unpaired) electrons. The normalized spacial score (nSPS) is 11.6. The standard InChI is InChI=1S/C23H16Cl2F3N3O.C22H14F5N3O.C22H15F4N3O/c24-19-8-7-16(12-20(19)25)31-21-6-2-5-17(18(21)13-30-31)22(32)29-10-9-14-3-1-4-15(11-14)23(26,27)28;23-18-8-7-15(10-19(18)24)30-20-6-2-5-16(17(20)12-29-30)21(31)28-11-13-3-1-4-14(9-13)22(25,26)27;23-16-7-9-17(10-8-16)29-20-6-2-5-18(19(20)13-28-29)21(30)27-12-14-3-1-4-15(11-14)22(24,25)26/h1-8,11-13H,9-10H2,(H,29,32);1-10,12H,11H2,(H,28,31);1-11,13H,12H2,(H,27,30). The molecule has 0 bridgehead atoms. The molecule has 0 unspecified atom stereocenters. The van der Waals surface area contributed by atoms with Crippen LogP contribution >= 0.6 is 23.2 Å². The first-order chi connectivity index (χ1) is 44.3. The molecular formula is C67H45Cl2F12N9O3. The van der Waals surface area contributed by atoms with Gasteiger partial charge in [-0.1, -0.05) is 83.9 Å². The van der Waals surface area contributed by atoms with Gasteiger partial charge in [0.15, 0.2) is 11.6 Å². The van der Waals surface area contributed by atoms with E-state index in [0.717, 1.165) is 48.5 Å². The highest BCUT2D eigenvalue weighted by atomic mass is 35.5. The first-order valence-electron chi connectivity index (χ1n) is 27.7. The number of carbonyl (C=O) groups is 3. The quantitative estimate of drug-likeness (QED) is 0.0982. The van der Waals surface area contributed by atoms with Crippen LogP contribution in [0.2, 0.25) is 10.0 Å². The zero-order chi connectivity index (χ0) is 66.4. The van der Waals surface area contributed by atoms with Crippen LogP contribution in [-0.4, -0.2) is 53.6 Å². The van der Waals surface area contributed by atoms with Gasteiger partial charge >= 0.3 is 18.5 Å². The molecule has 3 amide bonds. The zero-order valence-corrected chi connectivity index (χ0v) is 49.2. The molecule has 0 fully saturated rings. The number of amides is 3. The average molecular weight is 1320 g/mol. The number of alkyl halides is 9. The Morgan fingerprint density at radius 1 is 0.387 bits per heavy atom. The summed E-state index contributed by atoms with van der Waals surface area (Å²) in [4.78, 5) is 38.1. The molecule has 0 spiro atoms. The van der Waals surface area contributed by atoms with E-state index in [9.17, 15) is 67.1 Å². The SMILES string of the molecule is O=C(NCCc1cccc(C(F)(F)F)c1)c1cccc2c1cnn2-c1ccc(Cl)c(Cl)c1.O=C(NCc1cccc(C(F)(F)F)c1)c1cccc2c1cnn2-c1ccc(F)c(F)c1.O=C(NCc1cccc(C(F)(F)F)c1)c1cccc2c1cnn2-c1ccc(F)cc1. The maximum absolute atomic E-state index is 13.6. The third-order valence-corrected chi connectivity index (χ3v) is 15.0. The summed E-state index contributed by atoms with van der Waals surface area (Å²) in [6, 6.07) is 43.9. The maximum atomic E-state index is 13.6. The van der Waals surface area contributed by atoms with Crippen LogP contribution in [0.25, 0.3) is 49.8 Å². The fourth-order valence-corrected chi connectivity index (χ4v) is 10.1. The number of nitrogens with one attached hydrogen (secondary N) is 3. The molecule has 26 heteroatoms. The van der Waals surface area contributed by atoms with Gasteiger partial charge in [0.1, 0.15) is 5.82 Å². The Hall–Kier alpha value is -10.5. The van der Waals surface area contributed by atoms with Crippen molar-refractivity contribution in [1.29, 1.82) is 0 Å². The third-order valence-electron chi connectivity index (χ3n) is 14.3. The highest BCUT2D eigenvalue weighted by Gasteiger charge is 2.32. The van der Waals surface area contributed by atoms with Crippen molar-refractivity contribution in [3.05, 3.63) is 284 Å². The number of halogens is 14. The van der Waals surface area contributed by atoms with Gasteiger partial charge in [-0.25, -0.2) is 27.2 Å². The third kappa shape index (κ3) is 15.5. The Morgan fingerprint density at radius 3 is 1.19 bits per heavy atom. The van der Waals surface area contributed by atoms with E-state index >= 15 is 0 Å². The lowest BCUT2D eigenvalue weighted by molar-refractivity contribution is -0.138. The highest BCUT2D eigenvalue weighted by Crippen LogP contribution is 2.34. The van der Waals surface area contributed by atoms with Crippen LogP contribution in [0.5, 0.6) is 0 Å². The fraction of sp³-hybridized carbons (Fsp3) is 0.104. The van der Waals surface area contributed by atoms with Crippen molar-refractivity contribution in [2.24, 2.45) is 0 Å². The summed E-state index contributed by atoms with van der Waals surface area (Å²) in [6.07, 6.45) is -8.52. The monoisotopic (exact) mass is 1320 g/mol. The van der Waals surface area contributed by atoms with Crippen LogP contribution in [0, 0.1) is 17.5 Å². The number of nitrogens with zero attached hydrogens (tertiary/aromatic N) is 6. The molecule has 9 aromatic carbocycles. The predicted molar refractivity (Wildman–Crippen MR) is 326 cm³/mol. The lowest BCUT2D eigenvalue weighted by Crippen LogP contribution is -2.25. The van der Waals surface area contributed by atoms with Crippen LogP contribution in [0.3, 0.4) is 0 Å². The molecule has 0 saturated carbocycles. The molecular weight excluding hydrogens is 1280 g/mol. The lowest BCUT2D eigenvalue weighted by Gasteiger charge is -2.10. The Morgan fingerprint density at radius 2 is 0.763 bits per heavy atom. The first kappa shape index (κ1) is 65.5. The number of carbonyl (C=O) groups excluding carboxylic acids is 3. The van der Waals surface area contributed by atoms with Crippen molar-refractivity contribution in [2.75, 3.05) is 6.54 Å².